The lowest BCUT2D eigenvalue weighted by Gasteiger charge is -2.18. The Kier molecular flexibility index (Phi) is 44.7. The summed E-state index contributed by atoms with van der Waals surface area (Å²) in [5.41, 5.74) is 0. The second kappa shape index (κ2) is 45.9. The van der Waals surface area contributed by atoms with Crippen molar-refractivity contribution >= 4 is 17.9 Å². The zero-order valence-corrected chi connectivity index (χ0v) is 40.4. The molecule has 0 fully saturated rings. The second-order valence-corrected chi connectivity index (χ2v) is 19.1. The smallest absolute Gasteiger partial charge is 0.306 e. The van der Waals surface area contributed by atoms with Crippen LogP contribution in [0.1, 0.15) is 291 Å². The Hall–Kier alpha value is -1.59. The van der Waals surface area contributed by atoms with Crippen LogP contribution in [0, 0.1) is 11.8 Å². The first-order chi connectivity index (χ1) is 28.7. The molecular formula is C53H102O6. The van der Waals surface area contributed by atoms with Crippen molar-refractivity contribution in [2.75, 3.05) is 13.2 Å². The zero-order valence-electron chi connectivity index (χ0n) is 40.4. The van der Waals surface area contributed by atoms with Crippen LogP contribution in [0.2, 0.25) is 0 Å². The summed E-state index contributed by atoms with van der Waals surface area (Å²) in [5.74, 6) is 0.760. The number of carbonyl (C=O) groups is 3. The fraction of sp³-hybridized carbons (Fsp3) is 0.943. The molecule has 0 aromatic heterocycles. The van der Waals surface area contributed by atoms with Gasteiger partial charge in [0.25, 0.3) is 0 Å². The van der Waals surface area contributed by atoms with E-state index in [4.69, 9.17) is 14.2 Å². The standard InChI is InChI=1S/C53H102O6/c1-6-7-8-9-10-11-12-13-18-21-24-27-33-38-43-51(54)57-46-50(47-58-52(55)44-39-34-30-29-32-37-42-49(4)5)59-53(56)45-40-35-28-25-22-19-16-14-15-17-20-23-26-31-36-41-48(2)3/h48-50H,6-47H2,1-5H3/t50-/m0/s1. The van der Waals surface area contributed by atoms with Crippen molar-refractivity contribution in [2.24, 2.45) is 11.8 Å². The summed E-state index contributed by atoms with van der Waals surface area (Å²) in [6.45, 7) is 11.3. The van der Waals surface area contributed by atoms with Crippen LogP contribution < -0.4 is 0 Å². The van der Waals surface area contributed by atoms with Crippen LogP contribution in [0.5, 0.6) is 0 Å². The van der Waals surface area contributed by atoms with E-state index in [1.807, 2.05) is 0 Å². The molecule has 0 aromatic rings. The van der Waals surface area contributed by atoms with E-state index in [-0.39, 0.29) is 31.1 Å². The molecule has 0 saturated heterocycles. The highest BCUT2D eigenvalue weighted by Crippen LogP contribution is 2.17. The van der Waals surface area contributed by atoms with Crippen LogP contribution >= 0.6 is 0 Å². The second-order valence-electron chi connectivity index (χ2n) is 19.1. The molecule has 0 aliphatic carbocycles. The first-order valence-corrected chi connectivity index (χ1v) is 26.2. The Balaban J connectivity index is 4.25. The molecule has 0 rings (SSSR count). The van der Waals surface area contributed by atoms with E-state index in [0.29, 0.717) is 19.3 Å². The average Bonchev–Trinajstić information content (AvgIpc) is 3.20. The SMILES string of the molecule is CCCCCCCCCCCCCCCCC(=O)OC[C@@H](COC(=O)CCCCCCCCC(C)C)OC(=O)CCCCCCCCCCCCCCCCCC(C)C. The molecule has 0 aliphatic rings. The fourth-order valence-corrected chi connectivity index (χ4v) is 7.99. The number of carbonyl (C=O) groups excluding carboxylic acids is 3. The lowest BCUT2D eigenvalue weighted by atomic mass is 10.0. The molecule has 0 spiro atoms. The Bertz CT molecular complexity index is 900. The molecule has 350 valence electrons. The van der Waals surface area contributed by atoms with Gasteiger partial charge < -0.3 is 14.2 Å². The monoisotopic (exact) mass is 835 g/mol. The summed E-state index contributed by atoms with van der Waals surface area (Å²) in [4.78, 5) is 37.9. The maximum absolute atomic E-state index is 12.8. The number of ether oxygens (including phenoxy) is 3. The van der Waals surface area contributed by atoms with E-state index in [1.165, 1.54) is 180 Å². The summed E-state index contributed by atoms with van der Waals surface area (Å²) in [7, 11) is 0. The van der Waals surface area contributed by atoms with Gasteiger partial charge in [-0.3, -0.25) is 14.4 Å². The summed E-state index contributed by atoms with van der Waals surface area (Å²) >= 11 is 0. The lowest BCUT2D eigenvalue weighted by molar-refractivity contribution is -0.167. The van der Waals surface area contributed by atoms with Gasteiger partial charge in [0.15, 0.2) is 6.10 Å². The van der Waals surface area contributed by atoms with Crippen molar-refractivity contribution in [2.45, 2.75) is 298 Å². The van der Waals surface area contributed by atoms with E-state index in [9.17, 15) is 14.4 Å². The molecule has 0 bridgehead atoms. The summed E-state index contributed by atoms with van der Waals surface area (Å²) < 4.78 is 16.8. The van der Waals surface area contributed by atoms with Crippen LogP contribution in [-0.4, -0.2) is 37.2 Å². The van der Waals surface area contributed by atoms with Gasteiger partial charge in [-0.2, -0.15) is 0 Å². The third kappa shape index (κ3) is 47.3. The largest absolute Gasteiger partial charge is 0.462 e. The maximum atomic E-state index is 12.8. The third-order valence-electron chi connectivity index (χ3n) is 12.0. The maximum Gasteiger partial charge on any atom is 0.306 e. The molecule has 1 atom stereocenters. The van der Waals surface area contributed by atoms with Crippen molar-refractivity contribution in [3.8, 4) is 0 Å². The minimum absolute atomic E-state index is 0.0642. The summed E-state index contributed by atoms with van der Waals surface area (Å²) in [5, 5.41) is 0. The quantitative estimate of drug-likeness (QED) is 0.0345. The van der Waals surface area contributed by atoms with Crippen LogP contribution in [0.4, 0.5) is 0 Å². The van der Waals surface area contributed by atoms with Crippen molar-refractivity contribution in [3.05, 3.63) is 0 Å². The van der Waals surface area contributed by atoms with Crippen molar-refractivity contribution in [1.29, 1.82) is 0 Å². The third-order valence-corrected chi connectivity index (χ3v) is 12.0. The Morgan fingerprint density at radius 3 is 0.831 bits per heavy atom. The normalized spacial score (nSPS) is 12.1. The van der Waals surface area contributed by atoms with E-state index in [0.717, 1.165) is 69.6 Å². The zero-order chi connectivity index (χ0) is 43.3. The molecule has 0 aliphatic heterocycles. The molecule has 0 aromatic carbocycles. The van der Waals surface area contributed by atoms with E-state index in [1.54, 1.807) is 0 Å². The van der Waals surface area contributed by atoms with Gasteiger partial charge in [0, 0.05) is 19.3 Å². The highest BCUT2D eigenvalue weighted by atomic mass is 16.6. The van der Waals surface area contributed by atoms with Crippen molar-refractivity contribution in [3.63, 3.8) is 0 Å². The molecule has 0 radical (unpaired) electrons. The molecule has 6 nitrogen and oxygen atoms in total. The van der Waals surface area contributed by atoms with E-state index < -0.39 is 6.10 Å². The van der Waals surface area contributed by atoms with Gasteiger partial charge in [-0.1, -0.05) is 253 Å². The first kappa shape index (κ1) is 57.4. The van der Waals surface area contributed by atoms with Crippen LogP contribution in [0.3, 0.4) is 0 Å². The first-order valence-electron chi connectivity index (χ1n) is 26.2. The lowest BCUT2D eigenvalue weighted by Crippen LogP contribution is -2.30. The Morgan fingerprint density at radius 2 is 0.559 bits per heavy atom. The van der Waals surface area contributed by atoms with E-state index in [2.05, 4.69) is 34.6 Å². The fourth-order valence-electron chi connectivity index (χ4n) is 7.99. The van der Waals surface area contributed by atoms with Crippen LogP contribution in [0.25, 0.3) is 0 Å². The number of esters is 3. The van der Waals surface area contributed by atoms with E-state index >= 15 is 0 Å². The Labute approximate surface area is 368 Å². The number of rotatable bonds is 47. The highest BCUT2D eigenvalue weighted by Gasteiger charge is 2.19. The Morgan fingerprint density at radius 1 is 0.322 bits per heavy atom. The van der Waals surface area contributed by atoms with Gasteiger partial charge in [-0.05, 0) is 31.1 Å². The topological polar surface area (TPSA) is 78.9 Å². The average molecular weight is 835 g/mol. The predicted molar refractivity (Wildman–Crippen MR) is 252 cm³/mol. The minimum Gasteiger partial charge on any atom is -0.462 e. The molecule has 59 heavy (non-hydrogen) atoms. The molecule has 0 amide bonds. The number of unbranched alkanes of at least 4 members (excludes halogenated alkanes) is 32. The molecule has 0 unspecified atom stereocenters. The van der Waals surface area contributed by atoms with Gasteiger partial charge >= 0.3 is 17.9 Å². The van der Waals surface area contributed by atoms with Gasteiger partial charge in [0.2, 0.25) is 0 Å². The number of hydrogen-bond acceptors (Lipinski definition) is 6. The van der Waals surface area contributed by atoms with Gasteiger partial charge in [0.1, 0.15) is 13.2 Å². The van der Waals surface area contributed by atoms with Gasteiger partial charge in [-0.25, -0.2) is 0 Å². The molecular weight excluding hydrogens is 733 g/mol. The minimum atomic E-state index is -0.762. The predicted octanol–water partition coefficient (Wildman–Crippen LogP) is 16.9. The highest BCUT2D eigenvalue weighted by molar-refractivity contribution is 5.71. The van der Waals surface area contributed by atoms with Gasteiger partial charge in [0.05, 0.1) is 0 Å². The van der Waals surface area contributed by atoms with Crippen molar-refractivity contribution < 1.29 is 28.6 Å². The number of hydrogen-bond donors (Lipinski definition) is 0. The molecule has 0 heterocycles. The molecule has 6 heteroatoms. The van der Waals surface area contributed by atoms with Crippen LogP contribution in [-0.2, 0) is 28.6 Å². The molecule has 0 saturated carbocycles. The van der Waals surface area contributed by atoms with Gasteiger partial charge in [-0.15, -0.1) is 0 Å². The summed E-state index contributed by atoms with van der Waals surface area (Å²) in [6.07, 6.45) is 46.7. The summed E-state index contributed by atoms with van der Waals surface area (Å²) in [6, 6.07) is 0. The van der Waals surface area contributed by atoms with Crippen LogP contribution in [0.15, 0.2) is 0 Å². The molecule has 0 N–H and O–H groups in total. The van der Waals surface area contributed by atoms with Crippen molar-refractivity contribution in [1.82, 2.24) is 0 Å².